The van der Waals surface area contributed by atoms with Gasteiger partial charge in [-0.05, 0) is 55.1 Å². The molecular formula is C18H27F2N. The molecule has 2 rings (SSSR count). The fourth-order valence-electron chi connectivity index (χ4n) is 3.50. The highest BCUT2D eigenvalue weighted by molar-refractivity contribution is 5.21. The zero-order valence-electron chi connectivity index (χ0n) is 13.4. The first-order valence-corrected chi connectivity index (χ1v) is 7.99. The molecular weight excluding hydrogens is 268 g/mol. The molecule has 3 heteroatoms. The summed E-state index contributed by atoms with van der Waals surface area (Å²) in [6.45, 7) is 6.85. The van der Waals surface area contributed by atoms with Crippen LogP contribution in [-0.2, 0) is 6.42 Å². The standard InChI is InChI=1S/C18H27F2N/c1-4-17(2,3)14-8-10-18(21,11-9-14)12-13-6-5-7-15(19)16(13)20/h5-7,14H,4,8-12,21H2,1-3H3. The van der Waals surface area contributed by atoms with Gasteiger partial charge in [-0.25, -0.2) is 8.78 Å². The van der Waals surface area contributed by atoms with E-state index >= 15 is 0 Å². The maximum atomic E-state index is 13.8. The first-order valence-electron chi connectivity index (χ1n) is 7.99. The Morgan fingerprint density at radius 1 is 1.24 bits per heavy atom. The van der Waals surface area contributed by atoms with E-state index in [1.54, 1.807) is 12.1 Å². The van der Waals surface area contributed by atoms with Crippen LogP contribution in [0.5, 0.6) is 0 Å². The molecule has 118 valence electrons. The van der Waals surface area contributed by atoms with E-state index in [2.05, 4.69) is 20.8 Å². The minimum atomic E-state index is -0.781. The number of hydrogen-bond acceptors (Lipinski definition) is 1. The fourth-order valence-corrected chi connectivity index (χ4v) is 3.50. The van der Waals surface area contributed by atoms with Crippen molar-refractivity contribution in [2.45, 2.75) is 64.8 Å². The molecule has 0 aromatic heterocycles. The van der Waals surface area contributed by atoms with E-state index in [1.165, 1.54) is 0 Å². The summed E-state index contributed by atoms with van der Waals surface area (Å²) in [5.41, 5.74) is 6.82. The highest BCUT2D eigenvalue weighted by Crippen LogP contribution is 2.43. The molecule has 21 heavy (non-hydrogen) atoms. The molecule has 0 bridgehead atoms. The molecule has 0 heterocycles. The summed E-state index contributed by atoms with van der Waals surface area (Å²) < 4.78 is 27.1. The van der Waals surface area contributed by atoms with Crippen molar-refractivity contribution < 1.29 is 8.78 Å². The van der Waals surface area contributed by atoms with Gasteiger partial charge in [0.2, 0.25) is 0 Å². The van der Waals surface area contributed by atoms with Crippen LogP contribution < -0.4 is 5.73 Å². The van der Waals surface area contributed by atoms with Gasteiger partial charge in [-0.3, -0.25) is 0 Å². The van der Waals surface area contributed by atoms with Gasteiger partial charge in [0.25, 0.3) is 0 Å². The van der Waals surface area contributed by atoms with Crippen LogP contribution in [0, 0.1) is 23.0 Å². The zero-order valence-corrected chi connectivity index (χ0v) is 13.4. The molecule has 0 saturated heterocycles. The second kappa shape index (κ2) is 6.04. The Morgan fingerprint density at radius 2 is 1.86 bits per heavy atom. The molecule has 0 unspecified atom stereocenters. The quantitative estimate of drug-likeness (QED) is 0.845. The number of nitrogens with two attached hydrogens (primary N) is 1. The van der Waals surface area contributed by atoms with E-state index in [4.69, 9.17) is 5.73 Å². The minimum Gasteiger partial charge on any atom is -0.325 e. The highest BCUT2D eigenvalue weighted by Gasteiger charge is 2.37. The molecule has 0 aliphatic heterocycles. The smallest absolute Gasteiger partial charge is 0.162 e. The number of benzene rings is 1. The van der Waals surface area contributed by atoms with E-state index in [0.29, 0.717) is 23.3 Å². The van der Waals surface area contributed by atoms with Crippen LogP contribution in [0.2, 0.25) is 0 Å². The van der Waals surface area contributed by atoms with Gasteiger partial charge in [0.05, 0.1) is 0 Å². The summed E-state index contributed by atoms with van der Waals surface area (Å²) >= 11 is 0. The van der Waals surface area contributed by atoms with E-state index in [9.17, 15) is 8.78 Å². The van der Waals surface area contributed by atoms with Crippen LogP contribution in [-0.4, -0.2) is 5.54 Å². The second-order valence-corrected chi connectivity index (χ2v) is 7.37. The summed E-state index contributed by atoms with van der Waals surface area (Å²) in [5, 5.41) is 0. The molecule has 0 atom stereocenters. The van der Waals surface area contributed by atoms with Crippen LogP contribution in [0.15, 0.2) is 18.2 Å². The van der Waals surface area contributed by atoms with E-state index < -0.39 is 17.2 Å². The lowest BCUT2D eigenvalue weighted by Gasteiger charge is -2.43. The van der Waals surface area contributed by atoms with Gasteiger partial charge in [-0.1, -0.05) is 39.3 Å². The number of hydrogen-bond donors (Lipinski definition) is 1. The number of rotatable bonds is 4. The van der Waals surface area contributed by atoms with Crippen molar-refractivity contribution >= 4 is 0 Å². The Bertz CT molecular complexity index is 488. The predicted molar refractivity (Wildman–Crippen MR) is 83.0 cm³/mol. The van der Waals surface area contributed by atoms with Crippen molar-refractivity contribution in [1.82, 2.24) is 0 Å². The first-order chi connectivity index (χ1) is 9.77. The summed E-state index contributed by atoms with van der Waals surface area (Å²) in [6.07, 6.45) is 5.51. The lowest BCUT2D eigenvalue weighted by molar-refractivity contribution is 0.115. The normalized spacial score (nSPS) is 26.9. The van der Waals surface area contributed by atoms with Crippen LogP contribution >= 0.6 is 0 Å². The Kier molecular flexibility index (Phi) is 4.72. The molecule has 1 aliphatic rings. The molecule has 1 aromatic carbocycles. The average Bonchev–Trinajstić information content (AvgIpc) is 2.44. The van der Waals surface area contributed by atoms with E-state index in [0.717, 1.165) is 38.2 Å². The number of halogens is 2. The average molecular weight is 295 g/mol. The van der Waals surface area contributed by atoms with Crippen molar-refractivity contribution in [3.05, 3.63) is 35.4 Å². The van der Waals surface area contributed by atoms with Gasteiger partial charge in [-0.2, -0.15) is 0 Å². The molecule has 1 saturated carbocycles. The third-order valence-electron chi connectivity index (χ3n) is 5.57. The van der Waals surface area contributed by atoms with Crippen LogP contribution in [0.4, 0.5) is 8.78 Å². The first kappa shape index (κ1) is 16.4. The highest BCUT2D eigenvalue weighted by atomic mass is 19.2. The maximum Gasteiger partial charge on any atom is 0.162 e. The summed E-state index contributed by atoms with van der Waals surface area (Å²) in [4.78, 5) is 0. The summed E-state index contributed by atoms with van der Waals surface area (Å²) in [6, 6.07) is 4.36. The van der Waals surface area contributed by atoms with Crippen LogP contribution in [0.1, 0.15) is 58.4 Å². The van der Waals surface area contributed by atoms with Crippen LogP contribution in [0.3, 0.4) is 0 Å². The van der Waals surface area contributed by atoms with Gasteiger partial charge in [0, 0.05) is 5.54 Å². The topological polar surface area (TPSA) is 26.0 Å². The van der Waals surface area contributed by atoms with Crippen molar-refractivity contribution in [3.8, 4) is 0 Å². The van der Waals surface area contributed by atoms with Gasteiger partial charge in [0.15, 0.2) is 11.6 Å². The van der Waals surface area contributed by atoms with Gasteiger partial charge in [-0.15, -0.1) is 0 Å². The molecule has 2 N–H and O–H groups in total. The van der Waals surface area contributed by atoms with Crippen molar-refractivity contribution in [1.29, 1.82) is 0 Å². The predicted octanol–water partition coefficient (Wildman–Crippen LogP) is 4.83. The molecule has 1 nitrogen and oxygen atoms in total. The lowest BCUT2D eigenvalue weighted by Crippen LogP contribution is -2.47. The molecule has 0 radical (unpaired) electrons. The van der Waals surface area contributed by atoms with Gasteiger partial charge < -0.3 is 5.73 Å². The lowest BCUT2D eigenvalue weighted by atomic mass is 9.65. The maximum absolute atomic E-state index is 13.8. The third-order valence-corrected chi connectivity index (χ3v) is 5.57. The SMILES string of the molecule is CCC(C)(C)C1CCC(N)(Cc2cccc(F)c2F)CC1. The Hall–Kier alpha value is -0.960. The second-order valence-electron chi connectivity index (χ2n) is 7.37. The van der Waals surface area contributed by atoms with Crippen molar-refractivity contribution in [3.63, 3.8) is 0 Å². The van der Waals surface area contributed by atoms with Gasteiger partial charge >= 0.3 is 0 Å². The Balaban J connectivity index is 2.04. The monoisotopic (exact) mass is 295 g/mol. The van der Waals surface area contributed by atoms with E-state index in [-0.39, 0.29) is 0 Å². The largest absolute Gasteiger partial charge is 0.325 e. The van der Waals surface area contributed by atoms with E-state index in [1.807, 2.05) is 0 Å². The van der Waals surface area contributed by atoms with Crippen molar-refractivity contribution in [2.75, 3.05) is 0 Å². The minimum absolute atomic E-state index is 0.339. The zero-order chi connectivity index (χ0) is 15.7. The van der Waals surface area contributed by atoms with Crippen molar-refractivity contribution in [2.24, 2.45) is 17.1 Å². The van der Waals surface area contributed by atoms with Crippen LogP contribution in [0.25, 0.3) is 0 Å². The Labute approximate surface area is 126 Å². The molecule has 1 aromatic rings. The molecule has 0 spiro atoms. The van der Waals surface area contributed by atoms with Gasteiger partial charge in [0.1, 0.15) is 0 Å². The molecule has 1 fully saturated rings. The molecule has 1 aliphatic carbocycles. The fraction of sp³-hybridized carbons (Fsp3) is 0.667. The summed E-state index contributed by atoms with van der Waals surface area (Å²) in [7, 11) is 0. The Morgan fingerprint density at radius 3 is 2.43 bits per heavy atom. The molecule has 0 amide bonds. The third kappa shape index (κ3) is 3.63. The summed E-state index contributed by atoms with van der Waals surface area (Å²) in [5.74, 6) is -0.841.